The van der Waals surface area contributed by atoms with E-state index in [-0.39, 0.29) is 0 Å². The Morgan fingerprint density at radius 2 is 2.13 bits per heavy atom. The molecule has 2 aliphatic carbocycles. The molecule has 1 aliphatic heterocycles. The average molecular weight is 450 g/mol. The van der Waals surface area contributed by atoms with Crippen molar-refractivity contribution in [2.75, 3.05) is 30.8 Å². The van der Waals surface area contributed by atoms with Crippen LogP contribution in [0, 0.1) is 22.7 Å². The SMILES string of the molecule is CCC1(C)CC1SN1CC2CC(Nc3nc(N/C(C=N)=C/NC)ncc3Cl)CC2C1. The first kappa shape index (κ1) is 21.7. The summed E-state index contributed by atoms with van der Waals surface area (Å²) in [6, 6.07) is 0.393. The van der Waals surface area contributed by atoms with Crippen LogP contribution in [0.25, 0.3) is 0 Å². The topological polar surface area (TPSA) is 89.0 Å². The minimum absolute atomic E-state index is 0.393. The molecule has 0 aromatic carbocycles. The molecule has 2 saturated carbocycles. The Morgan fingerprint density at radius 3 is 2.73 bits per heavy atom. The predicted molar refractivity (Wildman–Crippen MR) is 126 cm³/mol. The lowest BCUT2D eigenvalue weighted by molar-refractivity contribution is 0.494. The maximum atomic E-state index is 7.46. The molecule has 7 nitrogen and oxygen atoms in total. The molecule has 4 atom stereocenters. The highest BCUT2D eigenvalue weighted by molar-refractivity contribution is 7.98. The van der Waals surface area contributed by atoms with E-state index >= 15 is 0 Å². The molecule has 9 heteroatoms. The van der Waals surface area contributed by atoms with Crippen LogP contribution in [0.4, 0.5) is 11.8 Å². The molecular weight excluding hydrogens is 418 g/mol. The Bertz CT molecular complexity index is 805. The molecule has 0 bridgehead atoms. The van der Waals surface area contributed by atoms with Crippen LogP contribution in [0.2, 0.25) is 5.02 Å². The summed E-state index contributed by atoms with van der Waals surface area (Å²) in [5, 5.41) is 18.3. The molecule has 0 radical (unpaired) electrons. The zero-order valence-corrected chi connectivity index (χ0v) is 19.5. The summed E-state index contributed by atoms with van der Waals surface area (Å²) in [5.41, 5.74) is 1.15. The van der Waals surface area contributed by atoms with E-state index in [1.54, 1.807) is 19.4 Å². The maximum Gasteiger partial charge on any atom is 0.229 e. The van der Waals surface area contributed by atoms with Gasteiger partial charge in [0.1, 0.15) is 5.02 Å². The molecule has 164 valence electrons. The van der Waals surface area contributed by atoms with Crippen LogP contribution in [0.3, 0.4) is 0 Å². The summed E-state index contributed by atoms with van der Waals surface area (Å²) >= 11 is 8.47. The quantitative estimate of drug-likeness (QED) is 0.331. The average Bonchev–Trinajstić information content (AvgIpc) is 3.01. The van der Waals surface area contributed by atoms with Gasteiger partial charge in [-0.2, -0.15) is 4.98 Å². The van der Waals surface area contributed by atoms with E-state index < -0.39 is 0 Å². The lowest BCUT2D eigenvalue weighted by Crippen LogP contribution is -2.22. The second-order valence-corrected chi connectivity index (χ2v) is 10.7. The van der Waals surface area contributed by atoms with Crippen LogP contribution in [-0.2, 0) is 0 Å². The van der Waals surface area contributed by atoms with Crippen molar-refractivity contribution in [2.45, 2.75) is 50.8 Å². The highest BCUT2D eigenvalue weighted by Gasteiger charge is 2.51. The van der Waals surface area contributed by atoms with Gasteiger partial charge in [-0.05, 0) is 42.9 Å². The zero-order chi connectivity index (χ0) is 21.3. The number of allylic oxidation sites excluding steroid dienone is 1. The van der Waals surface area contributed by atoms with Gasteiger partial charge in [-0.25, -0.2) is 9.29 Å². The fourth-order valence-electron chi connectivity index (χ4n) is 4.66. The molecule has 0 spiro atoms. The number of hydrogen-bond donors (Lipinski definition) is 4. The van der Waals surface area contributed by atoms with Gasteiger partial charge in [0.25, 0.3) is 0 Å². The van der Waals surface area contributed by atoms with Crippen molar-refractivity contribution in [1.29, 1.82) is 5.41 Å². The zero-order valence-electron chi connectivity index (χ0n) is 17.9. The monoisotopic (exact) mass is 449 g/mol. The van der Waals surface area contributed by atoms with Crippen LogP contribution in [0.15, 0.2) is 18.1 Å². The van der Waals surface area contributed by atoms with Gasteiger partial charge in [-0.1, -0.05) is 37.4 Å². The molecular formula is C21H32ClN7S. The van der Waals surface area contributed by atoms with Crippen LogP contribution in [0.5, 0.6) is 0 Å². The normalized spacial score (nSPS) is 33.3. The molecule has 1 aromatic rings. The van der Waals surface area contributed by atoms with Gasteiger partial charge < -0.3 is 21.4 Å². The number of aromatic nitrogens is 2. The highest BCUT2D eigenvalue weighted by Crippen LogP contribution is 2.57. The number of halogens is 1. The lowest BCUT2D eigenvalue weighted by Gasteiger charge is -2.20. The molecule has 2 heterocycles. The number of nitrogens with zero attached hydrogens (tertiary/aromatic N) is 3. The molecule has 4 rings (SSSR count). The van der Waals surface area contributed by atoms with Crippen LogP contribution < -0.4 is 16.0 Å². The Hall–Kier alpha value is -1.51. The number of hydrogen-bond acceptors (Lipinski definition) is 8. The smallest absolute Gasteiger partial charge is 0.229 e. The number of rotatable bonds is 9. The van der Waals surface area contributed by atoms with Gasteiger partial charge >= 0.3 is 0 Å². The maximum absolute atomic E-state index is 7.46. The van der Waals surface area contributed by atoms with Crippen LogP contribution in [-0.4, -0.2) is 51.9 Å². The van der Waals surface area contributed by atoms with E-state index in [2.05, 4.69) is 56.0 Å². The van der Waals surface area contributed by atoms with Gasteiger partial charge in [0.05, 0.1) is 11.9 Å². The van der Waals surface area contributed by atoms with Crippen LogP contribution in [0.1, 0.15) is 39.5 Å². The highest BCUT2D eigenvalue weighted by atomic mass is 35.5. The fraction of sp³-hybridized carbons (Fsp3) is 0.667. The van der Waals surface area contributed by atoms with E-state index in [1.807, 2.05) is 0 Å². The van der Waals surface area contributed by atoms with E-state index in [9.17, 15) is 0 Å². The summed E-state index contributed by atoms with van der Waals surface area (Å²) in [6.07, 6.45) is 9.49. The number of anilines is 2. The van der Waals surface area contributed by atoms with E-state index in [0.29, 0.717) is 33.9 Å². The first-order valence-corrected chi connectivity index (χ1v) is 12.0. The van der Waals surface area contributed by atoms with E-state index in [0.717, 1.165) is 29.9 Å². The third kappa shape index (κ3) is 4.70. The van der Waals surface area contributed by atoms with Crippen molar-refractivity contribution in [3.63, 3.8) is 0 Å². The van der Waals surface area contributed by atoms with Gasteiger partial charge in [0, 0.05) is 43.8 Å². The third-order valence-electron chi connectivity index (χ3n) is 6.87. The molecule has 1 aromatic heterocycles. The first-order valence-electron chi connectivity index (χ1n) is 10.8. The van der Waals surface area contributed by atoms with E-state index in [4.69, 9.17) is 17.0 Å². The Kier molecular flexibility index (Phi) is 6.46. The number of fused-ring (bicyclic) bond motifs is 1. The summed E-state index contributed by atoms with van der Waals surface area (Å²) in [7, 11) is 1.78. The van der Waals surface area contributed by atoms with Gasteiger partial charge in [0.2, 0.25) is 5.95 Å². The van der Waals surface area contributed by atoms with E-state index in [1.165, 1.54) is 32.1 Å². The minimum atomic E-state index is 0.393. The van der Waals surface area contributed by atoms with Crippen molar-refractivity contribution in [1.82, 2.24) is 19.6 Å². The van der Waals surface area contributed by atoms with Crippen molar-refractivity contribution >= 4 is 41.5 Å². The molecule has 3 aliphatic rings. The molecule has 3 fully saturated rings. The Labute approximate surface area is 188 Å². The molecule has 4 unspecified atom stereocenters. The second-order valence-electron chi connectivity index (χ2n) is 9.03. The summed E-state index contributed by atoms with van der Waals surface area (Å²) in [4.78, 5) is 8.76. The van der Waals surface area contributed by atoms with Gasteiger partial charge in [-0.3, -0.25) is 0 Å². The summed E-state index contributed by atoms with van der Waals surface area (Å²) in [6.45, 7) is 7.14. The van der Waals surface area contributed by atoms with Crippen molar-refractivity contribution < 1.29 is 0 Å². The lowest BCUT2D eigenvalue weighted by atomic mass is 10.0. The largest absolute Gasteiger partial charge is 0.392 e. The third-order valence-corrected chi connectivity index (χ3v) is 8.73. The predicted octanol–water partition coefficient (Wildman–Crippen LogP) is 4.21. The molecule has 1 saturated heterocycles. The van der Waals surface area contributed by atoms with Crippen LogP contribution >= 0.6 is 23.5 Å². The van der Waals surface area contributed by atoms with Gasteiger partial charge in [-0.15, -0.1) is 0 Å². The summed E-state index contributed by atoms with van der Waals surface area (Å²) < 4.78 is 2.63. The molecule has 4 N–H and O–H groups in total. The Balaban J connectivity index is 1.31. The van der Waals surface area contributed by atoms with Crippen molar-refractivity contribution in [3.8, 4) is 0 Å². The second kappa shape index (κ2) is 8.93. The molecule has 0 amide bonds. The van der Waals surface area contributed by atoms with Crippen molar-refractivity contribution in [3.05, 3.63) is 23.1 Å². The molecule has 30 heavy (non-hydrogen) atoms. The van der Waals surface area contributed by atoms with Crippen molar-refractivity contribution in [2.24, 2.45) is 17.3 Å². The Morgan fingerprint density at radius 1 is 1.40 bits per heavy atom. The first-order chi connectivity index (χ1) is 14.4. The van der Waals surface area contributed by atoms with Gasteiger partial charge in [0.15, 0.2) is 5.82 Å². The fourth-order valence-corrected chi connectivity index (χ4v) is 6.60. The standard InChI is InChI=1S/C21H32ClN7S/c1-4-21(2)7-18(21)30-29-11-13-5-15(6-14(13)12-29)26-19-17(22)10-25-20(28-19)27-16(8-23)9-24-3/h8-10,13-15,18,23-24H,4-7,11-12H2,1-3H3,(H2,25,26,27,28)/b16-9+,23-8?. The number of nitrogens with one attached hydrogen (secondary N) is 4. The minimum Gasteiger partial charge on any atom is -0.392 e. The summed E-state index contributed by atoms with van der Waals surface area (Å²) in [5.74, 6) is 2.60.